The Bertz CT molecular complexity index is 994. The number of nitrogens with zero attached hydrogens (tertiary/aromatic N) is 3. The third-order valence-electron chi connectivity index (χ3n) is 4.60. The van der Waals surface area contributed by atoms with Crippen LogP contribution in [0, 0.1) is 5.82 Å². The van der Waals surface area contributed by atoms with Crippen LogP contribution >= 0.6 is 11.9 Å². The molecule has 0 spiro atoms. The fourth-order valence-corrected chi connectivity index (χ4v) is 3.71. The number of anilines is 1. The van der Waals surface area contributed by atoms with Gasteiger partial charge in [-0.05, 0) is 24.1 Å². The van der Waals surface area contributed by atoms with E-state index >= 15 is 0 Å². The summed E-state index contributed by atoms with van der Waals surface area (Å²) in [6, 6.07) is 3.64. The number of rotatable bonds is 9. The van der Waals surface area contributed by atoms with E-state index in [1.54, 1.807) is 0 Å². The fourth-order valence-electron chi connectivity index (χ4n) is 3.18. The lowest BCUT2D eigenvalue weighted by Crippen LogP contribution is -2.48. The molecule has 1 atom stereocenters. The number of morpholine rings is 1. The van der Waals surface area contributed by atoms with Crippen LogP contribution in [0.25, 0.3) is 11.3 Å². The number of alkyl halides is 6. The van der Waals surface area contributed by atoms with Crippen molar-refractivity contribution >= 4 is 17.6 Å². The second-order valence-corrected chi connectivity index (χ2v) is 8.20. The Hall–Kier alpha value is -2.52. The van der Waals surface area contributed by atoms with E-state index in [0.29, 0.717) is 11.9 Å². The van der Waals surface area contributed by atoms with Gasteiger partial charge in [0.15, 0.2) is 0 Å². The number of halogens is 7. The summed E-state index contributed by atoms with van der Waals surface area (Å²) in [6.07, 6.45) is -8.15. The fraction of sp³-hybridized carbons (Fsp3) is 0.500. The van der Waals surface area contributed by atoms with Crippen molar-refractivity contribution in [2.24, 2.45) is 0 Å². The quantitative estimate of drug-likeness (QED) is 0.374. The average Bonchev–Trinajstić information content (AvgIpc) is 2.77. The number of methoxy groups -OCH3 is 1. The van der Waals surface area contributed by atoms with Crippen molar-refractivity contribution in [2.75, 3.05) is 50.4 Å². The summed E-state index contributed by atoms with van der Waals surface area (Å²) in [7, 11) is 1.28. The van der Waals surface area contributed by atoms with Crippen LogP contribution in [0.2, 0.25) is 0 Å². The topological polar surface area (TPSA) is 68.7 Å². The molecule has 7 nitrogen and oxygen atoms in total. The molecule has 1 aliphatic rings. The van der Waals surface area contributed by atoms with Gasteiger partial charge in [0.2, 0.25) is 11.8 Å². The molecule has 1 saturated heterocycles. The molecule has 1 fully saturated rings. The highest BCUT2D eigenvalue weighted by Gasteiger charge is 2.33. The van der Waals surface area contributed by atoms with E-state index in [0.717, 1.165) is 6.07 Å². The van der Waals surface area contributed by atoms with E-state index in [-0.39, 0.29) is 55.0 Å². The Morgan fingerprint density at radius 1 is 1.20 bits per heavy atom. The maximum atomic E-state index is 14.5. The molecule has 0 aromatic carbocycles. The number of aromatic nitrogens is 2. The largest absolute Gasteiger partial charge is 0.480 e. The summed E-state index contributed by atoms with van der Waals surface area (Å²) >= 11 is 0.359. The van der Waals surface area contributed by atoms with E-state index in [1.165, 1.54) is 30.3 Å². The molecule has 1 aliphatic heterocycles. The van der Waals surface area contributed by atoms with Gasteiger partial charge in [-0.25, -0.2) is 14.4 Å². The maximum absolute atomic E-state index is 14.5. The van der Waals surface area contributed by atoms with Gasteiger partial charge in [0.1, 0.15) is 35.7 Å². The van der Waals surface area contributed by atoms with Gasteiger partial charge in [0.25, 0.3) is 0 Å². The molecule has 194 valence electrons. The van der Waals surface area contributed by atoms with Crippen LogP contribution < -0.4 is 14.2 Å². The Labute approximate surface area is 200 Å². The molecule has 0 aliphatic carbocycles. The highest BCUT2D eigenvalue weighted by atomic mass is 32.2. The van der Waals surface area contributed by atoms with E-state index in [2.05, 4.69) is 14.7 Å². The first-order valence-corrected chi connectivity index (χ1v) is 11.1. The third kappa shape index (κ3) is 8.58. The second kappa shape index (κ2) is 11.5. The highest BCUT2D eigenvalue weighted by molar-refractivity contribution is 8.00. The molecule has 0 amide bonds. The van der Waals surface area contributed by atoms with Gasteiger partial charge < -0.3 is 18.9 Å². The number of nitrogens with one attached hydrogen (secondary N) is 1. The SMILES string of the molecule is COc1ncc(-c2nc(OCC3CN(CC(F)(F)F)CCO3)ccc2F)cc1NSCC(F)(F)F. The second-order valence-electron chi connectivity index (χ2n) is 7.42. The van der Waals surface area contributed by atoms with Crippen LogP contribution in [0.3, 0.4) is 0 Å². The lowest BCUT2D eigenvalue weighted by Gasteiger charge is -2.33. The molecule has 2 aromatic heterocycles. The summed E-state index contributed by atoms with van der Waals surface area (Å²) < 4.78 is 108. The van der Waals surface area contributed by atoms with Crippen LogP contribution in [0.5, 0.6) is 11.8 Å². The zero-order valence-electron chi connectivity index (χ0n) is 18.2. The molecular weight excluding hydrogens is 509 g/mol. The summed E-state index contributed by atoms with van der Waals surface area (Å²) in [5, 5.41) is 0. The lowest BCUT2D eigenvalue weighted by atomic mass is 10.1. The van der Waals surface area contributed by atoms with Gasteiger partial charge in [0.05, 0.1) is 20.3 Å². The molecule has 35 heavy (non-hydrogen) atoms. The van der Waals surface area contributed by atoms with Crippen LogP contribution in [0.15, 0.2) is 24.4 Å². The van der Waals surface area contributed by atoms with Crippen molar-refractivity contribution in [3.63, 3.8) is 0 Å². The van der Waals surface area contributed by atoms with Gasteiger partial charge in [-0.2, -0.15) is 26.3 Å². The predicted octanol–water partition coefficient (Wildman–Crippen LogP) is 4.56. The predicted molar refractivity (Wildman–Crippen MR) is 114 cm³/mol. The Balaban J connectivity index is 1.69. The van der Waals surface area contributed by atoms with E-state index in [9.17, 15) is 30.7 Å². The number of hydrogen-bond acceptors (Lipinski definition) is 8. The van der Waals surface area contributed by atoms with Crippen LogP contribution in [-0.2, 0) is 4.74 Å². The van der Waals surface area contributed by atoms with Crippen molar-refractivity contribution < 1.29 is 44.9 Å². The summed E-state index contributed by atoms with van der Waals surface area (Å²) in [4.78, 5) is 9.26. The molecule has 0 saturated carbocycles. The summed E-state index contributed by atoms with van der Waals surface area (Å²) in [5.74, 6) is -1.95. The molecule has 3 heterocycles. The molecule has 3 rings (SSSR count). The smallest absolute Gasteiger partial charge is 0.401 e. The van der Waals surface area contributed by atoms with E-state index in [4.69, 9.17) is 14.2 Å². The van der Waals surface area contributed by atoms with Crippen molar-refractivity contribution in [1.29, 1.82) is 0 Å². The van der Waals surface area contributed by atoms with Crippen molar-refractivity contribution in [3.05, 3.63) is 30.2 Å². The van der Waals surface area contributed by atoms with Crippen molar-refractivity contribution in [2.45, 2.75) is 18.5 Å². The number of hydrogen-bond donors (Lipinski definition) is 1. The van der Waals surface area contributed by atoms with Crippen LogP contribution in [0.1, 0.15) is 0 Å². The minimum atomic E-state index is -4.40. The van der Waals surface area contributed by atoms with E-state index < -0.39 is 36.6 Å². The lowest BCUT2D eigenvalue weighted by molar-refractivity contribution is -0.161. The van der Waals surface area contributed by atoms with E-state index in [1.807, 2.05) is 0 Å². The number of ether oxygens (including phenoxy) is 3. The first-order chi connectivity index (χ1) is 16.4. The van der Waals surface area contributed by atoms with Crippen molar-refractivity contribution in [3.8, 4) is 23.0 Å². The number of pyridine rings is 2. The highest BCUT2D eigenvalue weighted by Crippen LogP contribution is 2.32. The standard InChI is InChI=1S/C20H21F7N4O3S/c1-32-18-15(30-35-11-20(25,26)27)6-12(7-28-18)17-14(21)2-3-16(29-17)34-9-13-8-31(4-5-33-13)10-19(22,23)24/h2-3,6-7,13,30H,4-5,8-11H2,1H3. The minimum absolute atomic E-state index is 0.000579. The Morgan fingerprint density at radius 2 is 1.97 bits per heavy atom. The Morgan fingerprint density at radius 3 is 2.66 bits per heavy atom. The first kappa shape index (κ1) is 27.1. The zero-order valence-corrected chi connectivity index (χ0v) is 19.1. The Kier molecular flexibility index (Phi) is 8.88. The molecule has 1 N–H and O–H groups in total. The molecule has 0 radical (unpaired) electrons. The zero-order chi connectivity index (χ0) is 25.6. The maximum Gasteiger partial charge on any atom is 0.401 e. The third-order valence-corrected chi connectivity index (χ3v) is 5.44. The average molecular weight is 530 g/mol. The molecule has 0 bridgehead atoms. The van der Waals surface area contributed by atoms with Gasteiger partial charge >= 0.3 is 12.4 Å². The minimum Gasteiger partial charge on any atom is -0.480 e. The van der Waals surface area contributed by atoms with Gasteiger partial charge in [-0.1, -0.05) is 0 Å². The van der Waals surface area contributed by atoms with Gasteiger partial charge in [-0.15, -0.1) is 0 Å². The van der Waals surface area contributed by atoms with Gasteiger partial charge in [0, 0.05) is 30.9 Å². The molecular formula is C20H21F7N4O3S. The molecule has 1 unspecified atom stereocenters. The summed E-state index contributed by atoms with van der Waals surface area (Å²) in [6.45, 7) is -0.939. The van der Waals surface area contributed by atoms with Crippen molar-refractivity contribution in [1.82, 2.24) is 14.9 Å². The normalized spacial score (nSPS) is 17.3. The molecule has 15 heteroatoms. The van der Waals surface area contributed by atoms with Crippen LogP contribution in [0.4, 0.5) is 36.4 Å². The molecule has 2 aromatic rings. The van der Waals surface area contributed by atoms with Gasteiger partial charge in [-0.3, -0.25) is 4.90 Å². The summed E-state index contributed by atoms with van der Waals surface area (Å²) in [5.41, 5.74) is 0.0195. The van der Waals surface area contributed by atoms with Crippen LogP contribution in [-0.4, -0.2) is 79.0 Å². The monoisotopic (exact) mass is 530 g/mol. The first-order valence-electron chi connectivity index (χ1n) is 10.1.